The van der Waals surface area contributed by atoms with Crippen molar-refractivity contribution in [1.82, 2.24) is 3.53 Å². The molecule has 1 atom stereocenters. The van der Waals surface area contributed by atoms with Gasteiger partial charge in [-0.3, -0.25) is 3.53 Å². The Kier molecular flexibility index (Phi) is 3.85. The van der Waals surface area contributed by atoms with Crippen LogP contribution in [0.1, 0.15) is 12.8 Å². The second-order valence-electron chi connectivity index (χ2n) is 2.40. The zero-order valence-electron chi connectivity index (χ0n) is 5.40. The van der Waals surface area contributed by atoms with Crippen LogP contribution in [0.4, 0.5) is 0 Å². The molecular formula is C6H12INO. The van der Waals surface area contributed by atoms with Gasteiger partial charge >= 0.3 is 0 Å². The minimum atomic E-state index is 0.826. The summed E-state index contributed by atoms with van der Waals surface area (Å²) in [5.41, 5.74) is 0. The molecule has 54 valence electrons. The summed E-state index contributed by atoms with van der Waals surface area (Å²) in [4.78, 5) is 0. The number of ether oxygens (including phenoxy) is 1. The first-order valence-electron chi connectivity index (χ1n) is 3.34. The van der Waals surface area contributed by atoms with Crippen LogP contribution >= 0.6 is 22.9 Å². The summed E-state index contributed by atoms with van der Waals surface area (Å²) >= 11 is 2.18. The van der Waals surface area contributed by atoms with Crippen LogP contribution in [0, 0.1) is 5.92 Å². The first-order valence-corrected chi connectivity index (χ1v) is 4.42. The van der Waals surface area contributed by atoms with Gasteiger partial charge in [0.15, 0.2) is 0 Å². The molecule has 0 bridgehead atoms. The summed E-state index contributed by atoms with van der Waals surface area (Å²) in [7, 11) is 0. The number of halogens is 1. The summed E-state index contributed by atoms with van der Waals surface area (Å²) in [6.45, 7) is 3.08. The molecule has 0 radical (unpaired) electrons. The Balaban J connectivity index is 1.98. The highest BCUT2D eigenvalue weighted by Gasteiger charge is 2.13. The van der Waals surface area contributed by atoms with Crippen molar-refractivity contribution in [2.45, 2.75) is 12.8 Å². The highest BCUT2D eigenvalue weighted by molar-refractivity contribution is 14.1. The van der Waals surface area contributed by atoms with Crippen molar-refractivity contribution in [3.8, 4) is 0 Å². The van der Waals surface area contributed by atoms with Crippen LogP contribution in [0.15, 0.2) is 0 Å². The van der Waals surface area contributed by atoms with E-state index in [0.717, 1.165) is 25.7 Å². The average molecular weight is 241 g/mol. The van der Waals surface area contributed by atoms with E-state index in [1.54, 1.807) is 0 Å². The van der Waals surface area contributed by atoms with Crippen molar-refractivity contribution in [3.63, 3.8) is 0 Å². The maximum atomic E-state index is 5.22. The molecule has 3 heteroatoms. The minimum Gasteiger partial charge on any atom is -0.381 e. The normalized spacial score (nSPS) is 27.0. The minimum absolute atomic E-state index is 0.826. The molecule has 0 saturated carbocycles. The lowest BCUT2D eigenvalue weighted by molar-refractivity contribution is 0.184. The molecule has 0 aromatic heterocycles. The molecule has 9 heavy (non-hydrogen) atoms. The van der Waals surface area contributed by atoms with Crippen LogP contribution < -0.4 is 3.53 Å². The maximum Gasteiger partial charge on any atom is 0.0495 e. The van der Waals surface area contributed by atoms with Gasteiger partial charge in [0.2, 0.25) is 0 Å². The molecule has 2 nitrogen and oxygen atoms in total. The molecule has 0 aromatic rings. The first-order chi connectivity index (χ1) is 4.43. The average Bonchev–Trinajstić information content (AvgIpc) is 2.34. The zero-order valence-corrected chi connectivity index (χ0v) is 7.56. The molecule has 1 N–H and O–H groups in total. The van der Waals surface area contributed by atoms with Crippen LogP contribution in [0.2, 0.25) is 0 Å². The van der Waals surface area contributed by atoms with E-state index in [-0.39, 0.29) is 0 Å². The molecule has 1 fully saturated rings. The Morgan fingerprint density at radius 2 is 2.56 bits per heavy atom. The molecule has 1 aliphatic rings. The molecule has 1 saturated heterocycles. The lowest BCUT2D eigenvalue weighted by Gasteiger charge is -2.03. The zero-order chi connectivity index (χ0) is 6.53. The first kappa shape index (κ1) is 7.75. The molecule has 1 rings (SSSR count). The van der Waals surface area contributed by atoms with Crippen LogP contribution in [0.5, 0.6) is 0 Å². The summed E-state index contributed by atoms with van der Waals surface area (Å²) in [6.07, 6.45) is 2.53. The second-order valence-corrected chi connectivity index (χ2v) is 3.16. The largest absolute Gasteiger partial charge is 0.381 e. The Morgan fingerprint density at radius 1 is 1.67 bits per heavy atom. The monoisotopic (exact) mass is 241 g/mol. The summed E-state index contributed by atoms with van der Waals surface area (Å²) in [5.74, 6) is 0.826. The highest BCUT2D eigenvalue weighted by Crippen LogP contribution is 2.15. The fraction of sp³-hybridized carbons (Fsp3) is 1.00. The van der Waals surface area contributed by atoms with E-state index in [1.165, 1.54) is 12.8 Å². The van der Waals surface area contributed by atoms with E-state index >= 15 is 0 Å². The third-order valence-corrected chi connectivity index (χ3v) is 2.21. The molecule has 0 spiro atoms. The molecule has 1 heterocycles. The third kappa shape index (κ3) is 2.82. The van der Waals surface area contributed by atoms with Crippen molar-refractivity contribution in [3.05, 3.63) is 0 Å². The summed E-state index contributed by atoms with van der Waals surface area (Å²) in [6, 6.07) is 0. The predicted octanol–water partition coefficient (Wildman–Crippen LogP) is 1.35. The summed E-state index contributed by atoms with van der Waals surface area (Å²) < 4.78 is 8.33. The lowest BCUT2D eigenvalue weighted by Crippen LogP contribution is -2.08. The number of hydrogen-bond acceptors (Lipinski definition) is 2. The molecule has 0 amide bonds. The van der Waals surface area contributed by atoms with E-state index in [9.17, 15) is 0 Å². The third-order valence-electron chi connectivity index (χ3n) is 1.67. The molecule has 1 aliphatic heterocycles. The van der Waals surface area contributed by atoms with Crippen molar-refractivity contribution < 1.29 is 4.74 Å². The van der Waals surface area contributed by atoms with Gasteiger partial charge in [0.05, 0.1) is 0 Å². The Morgan fingerprint density at radius 3 is 3.11 bits per heavy atom. The standard InChI is InChI=1S/C6H12INO/c7-8-3-1-6-2-4-9-5-6/h6,8H,1-5H2. The van der Waals surface area contributed by atoms with Crippen LogP contribution in [-0.2, 0) is 4.74 Å². The van der Waals surface area contributed by atoms with E-state index in [2.05, 4.69) is 26.4 Å². The smallest absolute Gasteiger partial charge is 0.0495 e. The fourth-order valence-corrected chi connectivity index (χ4v) is 1.38. The van der Waals surface area contributed by atoms with Crippen LogP contribution in [-0.4, -0.2) is 19.8 Å². The molecule has 0 aromatic carbocycles. The maximum absolute atomic E-state index is 5.22. The van der Waals surface area contributed by atoms with Gasteiger partial charge in [0.25, 0.3) is 0 Å². The van der Waals surface area contributed by atoms with Gasteiger partial charge in [-0.15, -0.1) is 0 Å². The fourth-order valence-electron chi connectivity index (χ4n) is 1.07. The van der Waals surface area contributed by atoms with Crippen LogP contribution in [0.25, 0.3) is 0 Å². The Labute approximate surface area is 69.8 Å². The number of rotatable bonds is 3. The van der Waals surface area contributed by atoms with Gasteiger partial charge in [-0.25, -0.2) is 0 Å². The van der Waals surface area contributed by atoms with Gasteiger partial charge in [-0.05, 0) is 18.8 Å². The van der Waals surface area contributed by atoms with E-state index < -0.39 is 0 Å². The molecular weight excluding hydrogens is 229 g/mol. The SMILES string of the molecule is INCCC1CCOC1. The van der Waals surface area contributed by atoms with Crippen molar-refractivity contribution in [2.75, 3.05) is 19.8 Å². The van der Waals surface area contributed by atoms with E-state index in [1.807, 2.05) is 0 Å². The van der Waals surface area contributed by atoms with Crippen molar-refractivity contribution >= 4 is 22.9 Å². The lowest BCUT2D eigenvalue weighted by atomic mass is 10.1. The quantitative estimate of drug-likeness (QED) is 0.595. The Hall–Kier alpha value is 0.650. The molecule has 0 aliphatic carbocycles. The Bertz CT molecular complexity index is 73.5. The van der Waals surface area contributed by atoms with E-state index in [4.69, 9.17) is 4.74 Å². The van der Waals surface area contributed by atoms with Gasteiger partial charge < -0.3 is 4.74 Å². The van der Waals surface area contributed by atoms with Crippen molar-refractivity contribution in [1.29, 1.82) is 0 Å². The van der Waals surface area contributed by atoms with Gasteiger partial charge in [0, 0.05) is 42.6 Å². The topological polar surface area (TPSA) is 21.3 Å². The predicted molar refractivity (Wildman–Crippen MR) is 45.6 cm³/mol. The second kappa shape index (κ2) is 4.46. The van der Waals surface area contributed by atoms with Crippen LogP contribution in [0.3, 0.4) is 0 Å². The molecule has 1 unspecified atom stereocenters. The van der Waals surface area contributed by atoms with Gasteiger partial charge in [-0.2, -0.15) is 0 Å². The number of hydrogen-bond donors (Lipinski definition) is 1. The van der Waals surface area contributed by atoms with Gasteiger partial charge in [-0.1, -0.05) is 0 Å². The van der Waals surface area contributed by atoms with Gasteiger partial charge in [0.1, 0.15) is 0 Å². The number of nitrogens with one attached hydrogen (secondary N) is 1. The highest BCUT2D eigenvalue weighted by atomic mass is 127. The summed E-state index contributed by atoms with van der Waals surface area (Å²) in [5, 5.41) is 0. The van der Waals surface area contributed by atoms with E-state index in [0.29, 0.717) is 0 Å². The van der Waals surface area contributed by atoms with Crippen molar-refractivity contribution in [2.24, 2.45) is 5.92 Å².